The van der Waals surface area contributed by atoms with Crippen molar-refractivity contribution >= 4 is 0 Å². The molecule has 0 saturated heterocycles. The van der Waals surface area contributed by atoms with E-state index in [2.05, 4.69) is 0 Å². The molecule has 0 aromatic heterocycles. The van der Waals surface area contributed by atoms with Crippen LogP contribution in [-0.2, 0) is 4.74 Å². The van der Waals surface area contributed by atoms with Crippen molar-refractivity contribution in [3.8, 4) is 0 Å². The van der Waals surface area contributed by atoms with Gasteiger partial charge in [0.05, 0.1) is 6.10 Å². The lowest BCUT2D eigenvalue weighted by Crippen LogP contribution is -2.30. The molecule has 0 spiro atoms. The first kappa shape index (κ1) is 12.5. The summed E-state index contributed by atoms with van der Waals surface area (Å²) >= 11 is 0. The third-order valence-corrected chi connectivity index (χ3v) is 3.80. The standard InChI is InChI=1S/C14H19FO2/c1-17-13-6-7-14(11(8-13)9-16)10-2-4-12(15)5-3-10/h2-5,11,13-14,16H,6-9H2,1H3. The number of rotatable bonds is 3. The Morgan fingerprint density at radius 3 is 2.59 bits per heavy atom. The van der Waals surface area contributed by atoms with Crippen molar-refractivity contribution in [1.82, 2.24) is 0 Å². The molecule has 1 fully saturated rings. The number of methoxy groups -OCH3 is 1. The summed E-state index contributed by atoms with van der Waals surface area (Å²) in [6.45, 7) is 0.169. The largest absolute Gasteiger partial charge is 0.396 e. The van der Waals surface area contributed by atoms with E-state index >= 15 is 0 Å². The summed E-state index contributed by atoms with van der Waals surface area (Å²) in [6.07, 6.45) is 3.14. The van der Waals surface area contributed by atoms with E-state index in [9.17, 15) is 9.50 Å². The molecule has 3 atom stereocenters. The van der Waals surface area contributed by atoms with Crippen LogP contribution in [0.3, 0.4) is 0 Å². The van der Waals surface area contributed by atoms with Crippen molar-refractivity contribution < 1.29 is 14.2 Å². The summed E-state index contributed by atoms with van der Waals surface area (Å²) in [5.41, 5.74) is 1.13. The van der Waals surface area contributed by atoms with Crippen LogP contribution in [0.2, 0.25) is 0 Å². The summed E-state index contributed by atoms with van der Waals surface area (Å²) in [5, 5.41) is 9.46. The van der Waals surface area contributed by atoms with E-state index in [1.54, 1.807) is 7.11 Å². The van der Waals surface area contributed by atoms with Crippen molar-refractivity contribution in [2.75, 3.05) is 13.7 Å². The SMILES string of the molecule is COC1CCC(c2ccc(F)cc2)C(CO)C1. The van der Waals surface area contributed by atoms with Crippen LogP contribution in [0.1, 0.15) is 30.7 Å². The van der Waals surface area contributed by atoms with E-state index in [0.717, 1.165) is 24.8 Å². The van der Waals surface area contributed by atoms with E-state index in [1.807, 2.05) is 12.1 Å². The molecule has 0 aliphatic heterocycles. The van der Waals surface area contributed by atoms with Gasteiger partial charge in [0.2, 0.25) is 0 Å². The van der Waals surface area contributed by atoms with Crippen molar-refractivity contribution in [1.29, 1.82) is 0 Å². The predicted octanol–water partition coefficient (Wildman–Crippen LogP) is 2.72. The topological polar surface area (TPSA) is 29.5 Å². The Bertz CT molecular complexity index is 350. The molecule has 1 aliphatic carbocycles. The quantitative estimate of drug-likeness (QED) is 0.877. The highest BCUT2D eigenvalue weighted by atomic mass is 19.1. The van der Waals surface area contributed by atoms with Gasteiger partial charge in [-0.15, -0.1) is 0 Å². The highest BCUT2D eigenvalue weighted by Gasteiger charge is 2.30. The molecule has 0 heterocycles. The van der Waals surface area contributed by atoms with E-state index < -0.39 is 0 Å². The number of ether oxygens (including phenoxy) is 1. The first-order valence-corrected chi connectivity index (χ1v) is 6.13. The first-order chi connectivity index (χ1) is 8.24. The number of hydrogen-bond acceptors (Lipinski definition) is 2. The second-order valence-corrected chi connectivity index (χ2v) is 4.77. The maximum Gasteiger partial charge on any atom is 0.123 e. The van der Waals surface area contributed by atoms with E-state index in [4.69, 9.17) is 4.74 Å². The van der Waals surface area contributed by atoms with Gasteiger partial charge in [-0.3, -0.25) is 0 Å². The molecule has 1 N–H and O–H groups in total. The number of halogens is 1. The van der Waals surface area contributed by atoms with Crippen molar-refractivity contribution in [2.45, 2.75) is 31.3 Å². The zero-order chi connectivity index (χ0) is 12.3. The van der Waals surface area contributed by atoms with Gasteiger partial charge in [-0.05, 0) is 48.8 Å². The van der Waals surface area contributed by atoms with Gasteiger partial charge in [-0.2, -0.15) is 0 Å². The smallest absolute Gasteiger partial charge is 0.123 e. The molecule has 1 aliphatic rings. The lowest BCUT2D eigenvalue weighted by atomic mass is 9.75. The third kappa shape index (κ3) is 2.85. The molecule has 1 aromatic rings. The Hall–Kier alpha value is -0.930. The maximum atomic E-state index is 12.9. The first-order valence-electron chi connectivity index (χ1n) is 6.13. The van der Waals surface area contributed by atoms with Crippen LogP contribution in [0.25, 0.3) is 0 Å². The fourth-order valence-electron chi connectivity index (χ4n) is 2.79. The van der Waals surface area contributed by atoms with Crippen LogP contribution in [0.5, 0.6) is 0 Å². The molecule has 3 unspecified atom stereocenters. The molecule has 17 heavy (non-hydrogen) atoms. The Labute approximate surface area is 101 Å². The van der Waals surface area contributed by atoms with Gasteiger partial charge in [0.1, 0.15) is 5.82 Å². The average molecular weight is 238 g/mol. The monoisotopic (exact) mass is 238 g/mol. The van der Waals surface area contributed by atoms with Crippen LogP contribution in [-0.4, -0.2) is 24.9 Å². The molecule has 2 nitrogen and oxygen atoms in total. The van der Waals surface area contributed by atoms with Gasteiger partial charge >= 0.3 is 0 Å². The summed E-state index contributed by atoms with van der Waals surface area (Å²) in [6, 6.07) is 6.64. The zero-order valence-electron chi connectivity index (χ0n) is 10.1. The lowest BCUT2D eigenvalue weighted by Gasteiger charge is -2.34. The third-order valence-electron chi connectivity index (χ3n) is 3.80. The summed E-state index contributed by atoms with van der Waals surface area (Å²) in [5.74, 6) is 0.339. The predicted molar refractivity (Wildman–Crippen MR) is 64.4 cm³/mol. The number of hydrogen-bond donors (Lipinski definition) is 1. The van der Waals surface area contributed by atoms with Crippen LogP contribution in [0, 0.1) is 11.7 Å². The second kappa shape index (κ2) is 5.61. The lowest BCUT2D eigenvalue weighted by molar-refractivity contribution is 0.0269. The molecule has 1 aromatic carbocycles. The molecule has 2 rings (SSSR count). The molecule has 0 amide bonds. The Morgan fingerprint density at radius 1 is 1.29 bits per heavy atom. The fraction of sp³-hybridized carbons (Fsp3) is 0.571. The average Bonchev–Trinajstić information content (AvgIpc) is 2.39. The van der Waals surface area contributed by atoms with Crippen LogP contribution < -0.4 is 0 Å². The van der Waals surface area contributed by atoms with Gasteiger partial charge in [0.15, 0.2) is 0 Å². The van der Waals surface area contributed by atoms with Gasteiger partial charge in [0, 0.05) is 13.7 Å². The minimum Gasteiger partial charge on any atom is -0.396 e. The number of aliphatic hydroxyl groups excluding tert-OH is 1. The van der Waals surface area contributed by atoms with Gasteiger partial charge < -0.3 is 9.84 Å². The molecule has 0 radical (unpaired) electrons. The highest BCUT2D eigenvalue weighted by Crippen LogP contribution is 2.38. The normalized spacial score (nSPS) is 29.2. The van der Waals surface area contributed by atoms with Crippen molar-refractivity contribution in [2.24, 2.45) is 5.92 Å². The molecular formula is C14H19FO2. The maximum absolute atomic E-state index is 12.9. The molecule has 94 valence electrons. The van der Waals surface area contributed by atoms with Crippen LogP contribution in [0.15, 0.2) is 24.3 Å². The zero-order valence-corrected chi connectivity index (χ0v) is 10.1. The summed E-state index contributed by atoms with van der Waals surface area (Å²) in [7, 11) is 1.72. The Kier molecular flexibility index (Phi) is 4.13. The van der Waals surface area contributed by atoms with Crippen LogP contribution >= 0.6 is 0 Å². The highest BCUT2D eigenvalue weighted by molar-refractivity contribution is 5.22. The summed E-state index contributed by atoms with van der Waals surface area (Å²) < 4.78 is 18.2. The van der Waals surface area contributed by atoms with Gasteiger partial charge in [-0.1, -0.05) is 12.1 Å². The Morgan fingerprint density at radius 2 is 2.00 bits per heavy atom. The van der Waals surface area contributed by atoms with Crippen LogP contribution in [0.4, 0.5) is 4.39 Å². The molecular weight excluding hydrogens is 219 g/mol. The van der Waals surface area contributed by atoms with Crippen molar-refractivity contribution in [3.63, 3.8) is 0 Å². The van der Waals surface area contributed by atoms with Gasteiger partial charge in [0.25, 0.3) is 0 Å². The number of aliphatic hydroxyl groups is 1. The molecule has 0 bridgehead atoms. The molecule has 1 saturated carbocycles. The fourth-order valence-corrected chi connectivity index (χ4v) is 2.79. The summed E-state index contributed by atoms with van der Waals surface area (Å²) in [4.78, 5) is 0. The van der Waals surface area contributed by atoms with E-state index in [-0.39, 0.29) is 24.4 Å². The van der Waals surface area contributed by atoms with E-state index in [0.29, 0.717) is 5.92 Å². The second-order valence-electron chi connectivity index (χ2n) is 4.77. The minimum atomic E-state index is -0.208. The molecule has 3 heteroatoms. The number of benzene rings is 1. The Balaban J connectivity index is 2.12. The van der Waals surface area contributed by atoms with E-state index in [1.165, 1.54) is 12.1 Å². The van der Waals surface area contributed by atoms with Crippen molar-refractivity contribution in [3.05, 3.63) is 35.6 Å². The van der Waals surface area contributed by atoms with Gasteiger partial charge in [-0.25, -0.2) is 4.39 Å². The minimum absolute atomic E-state index is 0.169.